The summed E-state index contributed by atoms with van der Waals surface area (Å²) < 4.78 is 0. The molecular weight excluding hydrogens is 390 g/mol. The van der Waals surface area contributed by atoms with Crippen molar-refractivity contribution in [3.05, 3.63) is 29.8 Å². The van der Waals surface area contributed by atoms with Crippen LogP contribution >= 0.6 is 0 Å². The number of nitrogens with zero attached hydrogens (tertiary/aromatic N) is 2. The van der Waals surface area contributed by atoms with Crippen molar-refractivity contribution in [1.82, 2.24) is 10.2 Å². The molecule has 6 nitrogen and oxygen atoms in total. The van der Waals surface area contributed by atoms with Gasteiger partial charge in [-0.3, -0.25) is 14.4 Å². The van der Waals surface area contributed by atoms with Crippen molar-refractivity contribution in [2.24, 2.45) is 11.8 Å². The van der Waals surface area contributed by atoms with Crippen LogP contribution in [0.1, 0.15) is 63.9 Å². The zero-order chi connectivity index (χ0) is 21.8. The van der Waals surface area contributed by atoms with E-state index in [0.29, 0.717) is 12.5 Å². The number of nitrogens with one attached hydrogen (secondary N) is 1. The Morgan fingerprint density at radius 2 is 1.65 bits per heavy atom. The predicted octanol–water partition coefficient (Wildman–Crippen LogP) is 3.29. The van der Waals surface area contributed by atoms with Gasteiger partial charge in [0.05, 0.1) is 5.92 Å². The molecule has 4 rings (SSSR count). The summed E-state index contributed by atoms with van der Waals surface area (Å²) in [5.74, 6) is 0.202. The fourth-order valence-corrected chi connectivity index (χ4v) is 5.22. The van der Waals surface area contributed by atoms with Gasteiger partial charge in [-0.2, -0.15) is 0 Å². The molecule has 6 heteroatoms. The molecule has 3 aliphatic rings. The van der Waals surface area contributed by atoms with Gasteiger partial charge in [-0.25, -0.2) is 0 Å². The molecular formula is C25H35N3O3. The lowest BCUT2D eigenvalue weighted by Crippen LogP contribution is -2.49. The zero-order valence-corrected chi connectivity index (χ0v) is 18.6. The predicted molar refractivity (Wildman–Crippen MR) is 121 cm³/mol. The summed E-state index contributed by atoms with van der Waals surface area (Å²) >= 11 is 0. The van der Waals surface area contributed by atoms with E-state index >= 15 is 0 Å². The molecule has 1 aliphatic carbocycles. The molecule has 0 aromatic heterocycles. The average Bonchev–Trinajstić information content (AvgIpc) is 3.21. The molecule has 2 aliphatic heterocycles. The van der Waals surface area contributed by atoms with Crippen LogP contribution in [-0.2, 0) is 20.8 Å². The standard InChI is InChI=1S/C25H35N3O3/c1-2-18-8-10-22(11-9-18)28-17-20(16-23(28)29)24(30)26-21-12-14-27(15-13-21)25(31)19-6-4-3-5-7-19/h8-11,19-21H,2-7,12-17H2,1H3,(H,26,30). The molecule has 168 valence electrons. The minimum atomic E-state index is -0.305. The Bertz CT molecular complexity index is 793. The highest BCUT2D eigenvalue weighted by molar-refractivity contribution is 6.00. The Morgan fingerprint density at radius 1 is 0.968 bits per heavy atom. The third kappa shape index (κ3) is 5.10. The Hall–Kier alpha value is -2.37. The van der Waals surface area contributed by atoms with Gasteiger partial charge in [0, 0.05) is 43.7 Å². The van der Waals surface area contributed by atoms with Crippen molar-refractivity contribution in [1.29, 1.82) is 0 Å². The normalized spacial score (nSPS) is 23.3. The van der Waals surface area contributed by atoms with E-state index in [-0.39, 0.29) is 36.1 Å². The van der Waals surface area contributed by atoms with Gasteiger partial charge in [0.2, 0.25) is 17.7 Å². The van der Waals surface area contributed by atoms with Gasteiger partial charge in [0.1, 0.15) is 0 Å². The molecule has 1 atom stereocenters. The van der Waals surface area contributed by atoms with Crippen molar-refractivity contribution in [2.45, 2.75) is 70.8 Å². The van der Waals surface area contributed by atoms with Crippen LogP contribution in [0.15, 0.2) is 24.3 Å². The monoisotopic (exact) mass is 425 g/mol. The number of hydrogen-bond acceptors (Lipinski definition) is 3. The molecule has 1 unspecified atom stereocenters. The van der Waals surface area contributed by atoms with E-state index in [9.17, 15) is 14.4 Å². The van der Waals surface area contributed by atoms with Gasteiger partial charge in [0.25, 0.3) is 0 Å². The van der Waals surface area contributed by atoms with Crippen LogP contribution in [0.3, 0.4) is 0 Å². The van der Waals surface area contributed by atoms with Crippen molar-refractivity contribution in [3.8, 4) is 0 Å². The van der Waals surface area contributed by atoms with E-state index < -0.39 is 0 Å². The fourth-order valence-electron chi connectivity index (χ4n) is 5.22. The second kappa shape index (κ2) is 9.84. The third-order valence-electron chi connectivity index (χ3n) is 7.26. The summed E-state index contributed by atoms with van der Waals surface area (Å²) in [7, 11) is 0. The summed E-state index contributed by atoms with van der Waals surface area (Å²) in [4.78, 5) is 41.8. The van der Waals surface area contributed by atoms with Crippen LogP contribution in [0.2, 0.25) is 0 Å². The summed E-state index contributed by atoms with van der Waals surface area (Å²) in [5.41, 5.74) is 2.10. The summed E-state index contributed by atoms with van der Waals surface area (Å²) in [6, 6.07) is 8.11. The van der Waals surface area contributed by atoms with E-state index in [1.54, 1.807) is 4.90 Å². The Kier molecular flexibility index (Phi) is 6.93. The van der Waals surface area contributed by atoms with Crippen LogP contribution in [0.5, 0.6) is 0 Å². The molecule has 31 heavy (non-hydrogen) atoms. The van der Waals surface area contributed by atoms with Crippen molar-refractivity contribution < 1.29 is 14.4 Å². The summed E-state index contributed by atoms with van der Waals surface area (Å²) in [5, 5.41) is 3.15. The number of likely N-dealkylation sites (tertiary alicyclic amines) is 1. The van der Waals surface area contributed by atoms with E-state index in [1.807, 2.05) is 29.2 Å². The third-order valence-corrected chi connectivity index (χ3v) is 7.26. The molecule has 1 N–H and O–H groups in total. The molecule has 0 spiro atoms. The summed E-state index contributed by atoms with van der Waals surface area (Å²) in [6.07, 6.45) is 8.48. The van der Waals surface area contributed by atoms with Crippen LogP contribution in [0, 0.1) is 11.8 Å². The first kappa shape index (κ1) is 21.8. The maximum absolute atomic E-state index is 12.8. The Morgan fingerprint density at radius 3 is 2.29 bits per heavy atom. The molecule has 1 aromatic rings. The van der Waals surface area contributed by atoms with Gasteiger partial charge in [0.15, 0.2) is 0 Å². The molecule has 2 saturated heterocycles. The topological polar surface area (TPSA) is 69.7 Å². The minimum Gasteiger partial charge on any atom is -0.353 e. The van der Waals surface area contributed by atoms with E-state index in [4.69, 9.17) is 0 Å². The molecule has 0 radical (unpaired) electrons. The number of anilines is 1. The second-order valence-corrected chi connectivity index (χ2v) is 9.37. The van der Waals surface area contributed by atoms with Crippen LogP contribution in [0.4, 0.5) is 5.69 Å². The Labute approximate surface area is 185 Å². The number of aryl methyl sites for hydroxylation is 1. The maximum Gasteiger partial charge on any atom is 0.227 e. The molecule has 0 bridgehead atoms. The SMILES string of the molecule is CCc1ccc(N2CC(C(=O)NC3CCN(C(=O)C4CCCCC4)CC3)CC2=O)cc1. The lowest BCUT2D eigenvalue weighted by atomic mass is 9.87. The molecule has 1 saturated carbocycles. The number of carbonyl (C=O) groups is 3. The van der Waals surface area contributed by atoms with Gasteiger partial charge < -0.3 is 15.1 Å². The molecule has 3 fully saturated rings. The number of amides is 3. The number of benzene rings is 1. The van der Waals surface area contributed by atoms with E-state index in [1.165, 1.54) is 24.8 Å². The van der Waals surface area contributed by atoms with E-state index in [0.717, 1.165) is 50.9 Å². The van der Waals surface area contributed by atoms with Crippen LogP contribution in [0.25, 0.3) is 0 Å². The van der Waals surface area contributed by atoms with Crippen molar-refractivity contribution in [3.63, 3.8) is 0 Å². The lowest BCUT2D eigenvalue weighted by Gasteiger charge is -2.35. The van der Waals surface area contributed by atoms with Crippen molar-refractivity contribution in [2.75, 3.05) is 24.5 Å². The first-order valence-corrected chi connectivity index (χ1v) is 12.0. The number of hydrogen-bond donors (Lipinski definition) is 1. The first-order chi connectivity index (χ1) is 15.0. The smallest absolute Gasteiger partial charge is 0.227 e. The highest BCUT2D eigenvalue weighted by atomic mass is 16.2. The average molecular weight is 426 g/mol. The second-order valence-electron chi connectivity index (χ2n) is 9.37. The number of rotatable bonds is 5. The first-order valence-electron chi connectivity index (χ1n) is 12.0. The van der Waals surface area contributed by atoms with Crippen LogP contribution in [-0.4, -0.2) is 48.3 Å². The molecule has 3 amide bonds. The van der Waals surface area contributed by atoms with Gasteiger partial charge in [-0.05, 0) is 49.8 Å². The van der Waals surface area contributed by atoms with Crippen molar-refractivity contribution >= 4 is 23.4 Å². The molecule has 1 aromatic carbocycles. The van der Waals surface area contributed by atoms with Gasteiger partial charge in [-0.1, -0.05) is 38.3 Å². The minimum absolute atomic E-state index is 0.0114. The highest BCUT2D eigenvalue weighted by Gasteiger charge is 2.36. The quantitative estimate of drug-likeness (QED) is 0.787. The summed E-state index contributed by atoms with van der Waals surface area (Å²) in [6.45, 7) is 3.99. The number of piperidine rings is 1. The number of carbonyl (C=O) groups excluding carboxylic acids is 3. The Balaban J connectivity index is 1.25. The van der Waals surface area contributed by atoms with Gasteiger partial charge >= 0.3 is 0 Å². The largest absolute Gasteiger partial charge is 0.353 e. The maximum atomic E-state index is 12.8. The molecule has 2 heterocycles. The fraction of sp³-hybridized carbons (Fsp3) is 0.640. The van der Waals surface area contributed by atoms with Gasteiger partial charge in [-0.15, -0.1) is 0 Å². The van der Waals surface area contributed by atoms with Crippen LogP contribution < -0.4 is 10.2 Å². The van der Waals surface area contributed by atoms with E-state index in [2.05, 4.69) is 12.2 Å². The zero-order valence-electron chi connectivity index (χ0n) is 18.6. The lowest BCUT2D eigenvalue weighted by molar-refractivity contribution is -0.137. The highest BCUT2D eigenvalue weighted by Crippen LogP contribution is 2.28.